The highest BCUT2D eigenvalue weighted by molar-refractivity contribution is 8.01. The molecule has 3 heterocycles. The topological polar surface area (TPSA) is 71.5 Å². The molecule has 0 radical (unpaired) electrons. The van der Waals surface area contributed by atoms with E-state index in [0.29, 0.717) is 15.8 Å². The molecule has 2 atom stereocenters. The van der Waals surface area contributed by atoms with Gasteiger partial charge in [0.05, 0.1) is 12.1 Å². The Labute approximate surface area is 215 Å². The largest absolute Gasteiger partial charge is 0.481 e. The molecular weight excluding hydrogens is 502 g/mol. The maximum atomic E-state index is 13.5. The second-order valence-electron chi connectivity index (χ2n) is 7.78. The van der Waals surface area contributed by atoms with Crippen molar-refractivity contribution >= 4 is 46.5 Å². The van der Waals surface area contributed by atoms with Crippen molar-refractivity contribution in [3.63, 3.8) is 0 Å². The van der Waals surface area contributed by atoms with Gasteiger partial charge >= 0.3 is 0 Å². The van der Waals surface area contributed by atoms with Crippen LogP contribution in [0, 0.1) is 0 Å². The summed E-state index contributed by atoms with van der Waals surface area (Å²) in [6.07, 6.45) is 1.70. The first-order valence-electron chi connectivity index (χ1n) is 10.7. The van der Waals surface area contributed by atoms with Gasteiger partial charge in [0.15, 0.2) is 5.25 Å². The number of thiophene rings is 1. The number of nitrogens with one attached hydrogen (secondary N) is 1. The Kier molecular flexibility index (Phi) is 6.77. The highest BCUT2D eigenvalue weighted by Crippen LogP contribution is 2.37. The van der Waals surface area contributed by atoms with Crippen LogP contribution in [0.4, 0.5) is 0 Å². The Balaban J connectivity index is 1.45. The molecule has 1 saturated heterocycles. The van der Waals surface area contributed by atoms with Gasteiger partial charge < -0.3 is 4.74 Å². The van der Waals surface area contributed by atoms with E-state index in [-0.39, 0.29) is 11.8 Å². The standard InChI is InChI=1S/C26H20ClN3O3S2/c1-33-22-14-18(10-12-28-22)16-6-8-17(9-7-16)23(19-11-13-34-15-19)30-26(32)24(25(31)29-30)35-21-5-3-2-4-20(21)27/h2-15,23-24H,1H3,(H,29,31). The monoisotopic (exact) mass is 521 g/mol. The second-order valence-corrected chi connectivity index (χ2v) is 10.1. The van der Waals surface area contributed by atoms with Gasteiger partial charge in [0.25, 0.3) is 11.8 Å². The smallest absolute Gasteiger partial charge is 0.265 e. The van der Waals surface area contributed by atoms with Gasteiger partial charge in [-0.25, -0.2) is 9.99 Å². The third kappa shape index (κ3) is 4.77. The lowest BCUT2D eigenvalue weighted by atomic mass is 9.97. The molecule has 2 amide bonds. The van der Waals surface area contributed by atoms with Crippen LogP contribution in [0.25, 0.3) is 11.1 Å². The third-order valence-electron chi connectivity index (χ3n) is 5.63. The molecule has 0 bridgehead atoms. The maximum Gasteiger partial charge on any atom is 0.265 e. The number of ether oxygens (including phenoxy) is 1. The second kappa shape index (κ2) is 10.1. The summed E-state index contributed by atoms with van der Waals surface area (Å²) >= 11 is 8.97. The molecule has 2 aromatic heterocycles. The summed E-state index contributed by atoms with van der Waals surface area (Å²) in [5, 5.41) is 4.97. The van der Waals surface area contributed by atoms with Gasteiger partial charge in [0.2, 0.25) is 5.88 Å². The first-order valence-corrected chi connectivity index (χ1v) is 12.9. The number of nitrogens with zero attached hydrogens (tertiary/aromatic N) is 2. The number of thioether (sulfide) groups is 1. The van der Waals surface area contributed by atoms with E-state index in [1.807, 2.05) is 65.4 Å². The molecule has 1 N–H and O–H groups in total. The summed E-state index contributed by atoms with van der Waals surface area (Å²) in [6, 6.07) is 20.4. The lowest BCUT2D eigenvalue weighted by Gasteiger charge is -2.27. The number of carbonyl (C=O) groups excluding carboxylic acids is 2. The average molecular weight is 522 g/mol. The zero-order valence-corrected chi connectivity index (χ0v) is 20.9. The number of pyridine rings is 1. The van der Waals surface area contributed by atoms with Crippen LogP contribution in [-0.4, -0.2) is 34.2 Å². The Bertz CT molecular complexity index is 1360. The molecule has 1 aliphatic heterocycles. The first kappa shape index (κ1) is 23.4. The number of hydrogen-bond acceptors (Lipinski definition) is 6. The van der Waals surface area contributed by atoms with Crippen molar-refractivity contribution in [2.24, 2.45) is 0 Å². The van der Waals surface area contributed by atoms with Gasteiger partial charge in [0.1, 0.15) is 6.04 Å². The van der Waals surface area contributed by atoms with E-state index in [2.05, 4.69) is 10.4 Å². The number of hydrogen-bond donors (Lipinski definition) is 1. The summed E-state index contributed by atoms with van der Waals surface area (Å²) in [4.78, 5) is 31.2. The number of halogens is 1. The maximum absolute atomic E-state index is 13.5. The molecule has 0 spiro atoms. The van der Waals surface area contributed by atoms with Gasteiger partial charge in [-0.05, 0) is 57.3 Å². The van der Waals surface area contributed by atoms with Gasteiger partial charge in [-0.15, -0.1) is 11.8 Å². The van der Waals surface area contributed by atoms with Crippen LogP contribution < -0.4 is 10.2 Å². The van der Waals surface area contributed by atoms with E-state index in [0.717, 1.165) is 34.0 Å². The fourth-order valence-corrected chi connectivity index (χ4v) is 5.83. The zero-order valence-electron chi connectivity index (χ0n) is 18.6. The molecule has 35 heavy (non-hydrogen) atoms. The average Bonchev–Trinajstić information content (AvgIpc) is 3.51. The first-order chi connectivity index (χ1) is 17.0. The Morgan fingerprint density at radius 2 is 1.86 bits per heavy atom. The van der Waals surface area contributed by atoms with Crippen LogP contribution in [0.3, 0.4) is 0 Å². The number of rotatable bonds is 7. The van der Waals surface area contributed by atoms with E-state index in [1.54, 1.807) is 25.4 Å². The van der Waals surface area contributed by atoms with Crippen molar-refractivity contribution in [2.45, 2.75) is 16.2 Å². The minimum absolute atomic E-state index is 0.306. The van der Waals surface area contributed by atoms with Crippen LogP contribution in [0.15, 0.2) is 88.6 Å². The molecule has 0 saturated carbocycles. The van der Waals surface area contributed by atoms with Gasteiger partial charge in [-0.3, -0.25) is 15.0 Å². The fraction of sp³-hybridized carbons (Fsp3) is 0.115. The van der Waals surface area contributed by atoms with Crippen LogP contribution >= 0.6 is 34.7 Å². The minimum Gasteiger partial charge on any atom is -0.481 e. The Morgan fingerprint density at radius 1 is 1.06 bits per heavy atom. The Morgan fingerprint density at radius 3 is 2.57 bits per heavy atom. The van der Waals surface area contributed by atoms with Crippen molar-refractivity contribution in [1.82, 2.24) is 15.4 Å². The highest BCUT2D eigenvalue weighted by atomic mass is 35.5. The summed E-state index contributed by atoms with van der Waals surface area (Å²) in [5.74, 6) is -0.130. The van der Waals surface area contributed by atoms with E-state index < -0.39 is 11.3 Å². The van der Waals surface area contributed by atoms with Crippen LogP contribution in [0.5, 0.6) is 5.88 Å². The van der Waals surface area contributed by atoms with Crippen molar-refractivity contribution in [1.29, 1.82) is 0 Å². The summed E-state index contributed by atoms with van der Waals surface area (Å²) in [5.41, 5.74) is 6.56. The van der Waals surface area contributed by atoms with Gasteiger partial charge in [-0.1, -0.05) is 48.0 Å². The van der Waals surface area contributed by atoms with Gasteiger partial charge in [-0.2, -0.15) is 11.3 Å². The van der Waals surface area contributed by atoms with E-state index in [4.69, 9.17) is 16.3 Å². The summed E-state index contributed by atoms with van der Waals surface area (Å²) in [6.45, 7) is 0. The lowest BCUT2D eigenvalue weighted by molar-refractivity contribution is -0.131. The molecule has 5 rings (SSSR count). The summed E-state index contributed by atoms with van der Waals surface area (Å²) < 4.78 is 5.23. The van der Waals surface area contributed by atoms with Crippen molar-refractivity contribution in [2.75, 3.05) is 7.11 Å². The molecule has 6 nitrogen and oxygen atoms in total. The lowest BCUT2D eigenvalue weighted by Crippen LogP contribution is -2.39. The normalized spacial score (nSPS) is 16.3. The molecule has 9 heteroatoms. The van der Waals surface area contributed by atoms with E-state index >= 15 is 0 Å². The fourth-order valence-electron chi connectivity index (χ4n) is 3.91. The molecule has 2 aromatic carbocycles. The minimum atomic E-state index is -0.917. The predicted octanol–water partition coefficient (Wildman–Crippen LogP) is 5.60. The van der Waals surface area contributed by atoms with Gasteiger partial charge in [0, 0.05) is 17.2 Å². The van der Waals surface area contributed by atoms with E-state index in [1.165, 1.54) is 16.3 Å². The third-order valence-corrected chi connectivity index (χ3v) is 8.04. The highest BCUT2D eigenvalue weighted by Gasteiger charge is 2.44. The van der Waals surface area contributed by atoms with E-state index in [9.17, 15) is 9.59 Å². The molecule has 176 valence electrons. The SMILES string of the molecule is COc1cc(-c2ccc(C(c3ccsc3)N3NC(=O)C(Sc4ccccc4Cl)C3=O)cc2)ccn1. The molecule has 1 fully saturated rings. The quantitative estimate of drug-likeness (QED) is 0.321. The molecule has 4 aromatic rings. The number of hydrazine groups is 1. The zero-order chi connectivity index (χ0) is 24.4. The summed E-state index contributed by atoms with van der Waals surface area (Å²) in [7, 11) is 1.58. The van der Waals surface area contributed by atoms with Crippen LogP contribution in [0.2, 0.25) is 5.02 Å². The number of amides is 2. The Hall–Kier alpha value is -3.33. The molecule has 2 unspecified atom stereocenters. The number of methoxy groups -OCH3 is 1. The van der Waals surface area contributed by atoms with Crippen molar-refractivity contribution < 1.29 is 14.3 Å². The molecule has 1 aliphatic rings. The van der Waals surface area contributed by atoms with Crippen LogP contribution in [-0.2, 0) is 9.59 Å². The number of benzene rings is 2. The number of carbonyl (C=O) groups is 2. The van der Waals surface area contributed by atoms with Crippen molar-refractivity contribution in [3.8, 4) is 17.0 Å². The van der Waals surface area contributed by atoms with Crippen LogP contribution in [0.1, 0.15) is 17.2 Å². The molecular formula is C26H20ClN3O3S2. The predicted molar refractivity (Wildman–Crippen MR) is 138 cm³/mol. The molecule has 0 aliphatic carbocycles. The number of aromatic nitrogens is 1. The van der Waals surface area contributed by atoms with Crippen molar-refractivity contribution in [3.05, 3.63) is 99.8 Å².